The molecule has 202 valence electrons. The Kier molecular flexibility index (Phi) is 10.2. The maximum absolute atomic E-state index is 13.9. The summed E-state index contributed by atoms with van der Waals surface area (Å²) in [4.78, 5) is 28.3. The summed E-state index contributed by atoms with van der Waals surface area (Å²) >= 11 is 12.4. The minimum absolute atomic E-state index is 0.0213. The zero-order valence-corrected chi connectivity index (χ0v) is 23.8. The van der Waals surface area contributed by atoms with E-state index in [9.17, 15) is 18.0 Å². The lowest BCUT2D eigenvalue weighted by Gasteiger charge is -2.32. The van der Waals surface area contributed by atoms with Gasteiger partial charge in [-0.3, -0.25) is 13.9 Å². The van der Waals surface area contributed by atoms with Crippen molar-refractivity contribution in [2.45, 2.75) is 50.7 Å². The third kappa shape index (κ3) is 7.28. The number of rotatable bonds is 11. The van der Waals surface area contributed by atoms with Crippen molar-refractivity contribution in [1.29, 1.82) is 0 Å². The average molecular weight is 577 g/mol. The van der Waals surface area contributed by atoms with Crippen molar-refractivity contribution in [3.8, 4) is 0 Å². The van der Waals surface area contributed by atoms with Crippen LogP contribution in [0.2, 0.25) is 10.0 Å². The first-order chi connectivity index (χ1) is 18.0. The standard InChI is InChI=1S/C28H31Cl2N3O4S/c1-4-20(2)31-28(35)21(3)32(18-22-10-8-9-13-26(22)30)27(34)19-33(24-16-14-23(29)15-17-24)38(36,37)25-11-6-5-7-12-25/h5-17,20-21H,4,18-19H2,1-3H3,(H,31,35)/t20-,21-/m0/s1. The van der Waals surface area contributed by atoms with Crippen LogP contribution in [0.25, 0.3) is 0 Å². The van der Waals surface area contributed by atoms with E-state index in [0.717, 1.165) is 10.7 Å². The predicted octanol–water partition coefficient (Wildman–Crippen LogP) is 5.52. The number of benzene rings is 3. The molecule has 0 aliphatic carbocycles. The molecule has 3 rings (SSSR count). The lowest BCUT2D eigenvalue weighted by molar-refractivity contribution is -0.139. The van der Waals surface area contributed by atoms with E-state index >= 15 is 0 Å². The molecule has 3 aromatic carbocycles. The highest BCUT2D eigenvalue weighted by atomic mass is 35.5. The molecule has 0 saturated heterocycles. The molecule has 3 aromatic rings. The van der Waals surface area contributed by atoms with E-state index in [2.05, 4.69) is 5.32 Å². The van der Waals surface area contributed by atoms with E-state index in [-0.39, 0.29) is 29.1 Å². The predicted molar refractivity (Wildman–Crippen MR) is 152 cm³/mol. The summed E-state index contributed by atoms with van der Waals surface area (Å²) in [6.07, 6.45) is 0.719. The molecular formula is C28H31Cl2N3O4S. The van der Waals surface area contributed by atoms with Crippen molar-refractivity contribution in [3.05, 3.63) is 94.5 Å². The van der Waals surface area contributed by atoms with Crippen LogP contribution >= 0.6 is 23.2 Å². The van der Waals surface area contributed by atoms with Gasteiger partial charge in [0.25, 0.3) is 10.0 Å². The van der Waals surface area contributed by atoms with E-state index in [1.807, 2.05) is 13.8 Å². The van der Waals surface area contributed by atoms with Gasteiger partial charge in [-0.05, 0) is 68.3 Å². The molecule has 0 fully saturated rings. The van der Waals surface area contributed by atoms with Crippen molar-refractivity contribution in [2.24, 2.45) is 0 Å². The Bertz CT molecular complexity index is 1350. The van der Waals surface area contributed by atoms with Crippen LogP contribution in [0.3, 0.4) is 0 Å². The molecule has 0 aliphatic rings. The number of nitrogens with zero attached hydrogens (tertiary/aromatic N) is 2. The highest BCUT2D eigenvalue weighted by molar-refractivity contribution is 7.92. The Morgan fingerprint density at radius 1 is 0.895 bits per heavy atom. The normalized spacial score (nSPS) is 12.9. The second kappa shape index (κ2) is 13.1. The van der Waals surface area contributed by atoms with Crippen molar-refractivity contribution >= 4 is 50.7 Å². The van der Waals surface area contributed by atoms with Crippen LogP contribution in [0.5, 0.6) is 0 Å². The average Bonchev–Trinajstić information content (AvgIpc) is 2.91. The van der Waals surface area contributed by atoms with Gasteiger partial charge in [0.2, 0.25) is 11.8 Å². The van der Waals surface area contributed by atoms with E-state index in [1.54, 1.807) is 61.5 Å². The zero-order valence-electron chi connectivity index (χ0n) is 21.5. The van der Waals surface area contributed by atoms with E-state index in [0.29, 0.717) is 15.6 Å². The van der Waals surface area contributed by atoms with Gasteiger partial charge in [0.1, 0.15) is 12.6 Å². The Morgan fingerprint density at radius 2 is 1.50 bits per heavy atom. The van der Waals surface area contributed by atoms with Gasteiger partial charge in [-0.15, -0.1) is 0 Å². The van der Waals surface area contributed by atoms with Gasteiger partial charge in [0, 0.05) is 22.6 Å². The zero-order chi connectivity index (χ0) is 27.9. The van der Waals surface area contributed by atoms with E-state index < -0.39 is 28.5 Å². The molecule has 0 heterocycles. The second-order valence-corrected chi connectivity index (χ2v) is 11.6. The van der Waals surface area contributed by atoms with Crippen LogP contribution in [-0.2, 0) is 26.2 Å². The summed E-state index contributed by atoms with van der Waals surface area (Å²) in [5, 5.41) is 3.76. The van der Waals surface area contributed by atoms with Gasteiger partial charge in [-0.1, -0.05) is 66.5 Å². The smallest absolute Gasteiger partial charge is 0.264 e. The second-order valence-electron chi connectivity index (χ2n) is 8.91. The summed E-state index contributed by atoms with van der Waals surface area (Å²) in [7, 11) is -4.13. The largest absolute Gasteiger partial charge is 0.352 e. The number of amides is 2. The fourth-order valence-electron chi connectivity index (χ4n) is 3.71. The number of anilines is 1. The maximum atomic E-state index is 13.9. The Hall–Kier alpha value is -3.07. The maximum Gasteiger partial charge on any atom is 0.264 e. The molecule has 0 unspecified atom stereocenters. The molecule has 38 heavy (non-hydrogen) atoms. The SMILES string of the molecule is CC[C@H](C)NC(=O)[C@H](C)N(Cc1ccccc1Cl)C(=O)CN(c1ccc(Cl)cc1)S(=O)(=O)c1ccccc1. The van der Waals surface area contributed by atoms with Crippen molar-refractivity contribution < 1.29 is 18.0 Å². The highest BCUT2D eigenvalue weighted by Gasteiger charge is 2.33. The minimum atomic E-state index is -4.13. The monoisotopic (exact) mass is 575 g/mol. The molecule has 0 radical (unpaired) electrons. The lowest BCUT2D eigenvalue weighted by atomic mass is 10.1. The first-order valence-corrected chi connectivity index (χ1v) is 14.4. The molecule has 0 aromatic heterocycles. The summed E-state index contributed by atoms with van der Waals surface area (Å²) in [6.45, 7) is 4.92. The van der Waals surface area contributed by atoms with Crippen LogP contribution < -0.4 is 9.62 Å². The molecule has 7 nitrogen and oxygen atoms in total. The lowest BCUT2D eigenvalue weighted by Crippen LogP contribution is -2.52. The highest BCUT2D eigenvalue weighted by Crippen LogP contribution is 2.26. The number of hydrogen-bond acceptors (Lipinski definition) is 4. The van der Waals surface area contributed by atoms with E-state index in [1.165, 1.54) is 29.2 Å². The summed E-state index contributed by atoms with van der Waals surface area (Å²) in [5.41, 5.74) is 0.899. The van der Waals surface area contributed by atoms with Crippen molar-refractivity contribution in [3.63, 3.8) is 0 Å². The number of hydrogen-bond donors (Lipinski definition) is 1. The van der Waals surface area contributed by atoms with Gasteiger partial charge in [-0.25, -0.2) is 8.42 Å². The molecule has 2 amide bonds. The number of halogens is 2. The Morgan fingerprint density at radius 3 is 2.11 bits per heavy atom. The summed E-state index contributed by atoms with van der Waals surface area (Å²) in [5.74, 6) is -0.908. The fraction of sp³-hybridized carbons (Fsp3) is 0.286. The number of nitrogens with one attached hydrogen (secondary N) is 1. The summed E-state index contributed by atoms with van der Waals surface area (Å²) in [6, 6.07) is 20.1. The van der Waals surface area contributed by atoms with Crippen molar-refractivity contribution in [2.75, 3.05) is 10.8 Å². The third-order valence-corrected chi connectivity index (χ3v) is 8.60. The molecule has 0 saturated carbocycles. The number of carbonyl (C=O) groups excluding carboxylic acids is 2. The number of carbonyl (C=O) groups is 2. The Labute approximate surface area is 234 Å². The molecular weight excluding hydrogens is 545 g/mol. The molecule has 0 spiro atoms. The van der Waals surface area contributed by atoms with Crippen LogP contribution in [0.1, 0.15) is 32.8 Å². The Balaban J connectivity index is 2.02. The molecule has 0 aliphatic heterocycles. The summed E-state index contributed by atoms with van der Waals surface area (Å²) < 4.78 is 28.4. The fourth-order valence-corrected chi connectivity index (χ4v) is 5.47. The molecule has 1 N–H and O–H groups in total. The van der Waals surface area contributed by atoms with Crippen LogP contribution in [0.4, 0.5) is 5.69 Å². The topological polar surface area (TPSA) is 86.8 Å². The van der Waals surface area contributed by atoms with Gasteiger partial charge < -0.3 is 10.2 Å². The first kappa shape index (κ1) is 29.5. The third-order valence-electron chi connectivity index (χ3n) is 6.19. The molecule has 10 heteroatoms. The molecule has 2 atom stereocenters. The first-order valence-electron chi connectivity index (χ1n) is 12.2. The van der Waals surface area contributed by atoms with Crippen molar-refractivity contribution in [1.82, 2.24) is 10.2 Å². The van der Waals surface area contributed by atoms with Gasteiger partial charge in [0.05, 0.1) is 10.6 Å². The number of sulfonamides is 1. The minimum Gasteiger partial charge on any atom is -0.352 e. The van der Waals surface area contributed by atoms with Gasteiger partial charge in [0.15, 0.2) is 0 Å². The van der Waals surface area contributed by atoms with Crippen LogP contribution in [-0.4, -0.2) is 43.8 Å². The quantitative estimate of drug-likeness (QED) is 0.326. The van der Waals surface area contributed by atoms with E-state index in [4.69, 9.17) is 23.2 Å². The van der Waals surface area contributed by atoms with Crippen LogP contribution in [0, 0.1) is 0 Å². The van der Waals surface area contributed by atoms with Gasteiger partial charge in [-0.2, -0.15) is 0 Å². The molecule has 0 bridgehead atoms. The van der Waals surface area contributed by atoms with Gasteiger partial charge >= 0.3 is 0 Å². The van der Waals surface area contributed by atoms with Crippen LogP contribution in [0.15, 0.2) is 83.8 Å².